The van der Waals surface area contributed by atoms with E-state index in [4.69, 9.17) is 5.53 Å². The van der Waals surface area contributed by atoms with Crippen molar-refractivity contribution in [3.8, 4) is 0 Å². The van der Waals surface area contributed by atoms with Gasteiger partial charge in [-0.1, -0.05) is 5.11 Å². The highest BCUT2D eigenvalue weighted by atomic mass is 16.5. The smallest absolute Gasteiger partial charge is 0.328 e. The fourth-order valence-corrected chi connectivity index (χ4v) is 1.64. The third-order valence-electron chi connectivity index (χ3n) is 2.47. The monoisotopic (exact) mass is 277 g/mol. The summed E-state index contributed by atoms with van der Waals surface area (Å²) in [6, 6.07) is 2.63. The second-order valence-electron chi connectivity index (χ2n) is 4.02. The van der Waals surface area contributed by atoms with Crippen LogP contribution in [0, 0.1) is 0 Å². The Morgan fingerprint density at radius 3 is 2.95 bits per heavy atom. The molecule has 1 amide bonds. The first-order valence-electron chi connectivity index (χ1n) is 5.86. The van der Waals surface area contributed by atoms with Crippen LogP contribution in [0.1, 0.15) is 18.2 Å². The zero-order valence-corrected chi connectivity index (χ0v) is 11.2. The third kappa shape index (κ3) is 4.95. The van der Waals surface area contributed by atoms with E-state index in [9.17, 15) is 9.59 Å². The maximum absolute atomic E-state index is 11.6. The van der Waals surface area contributed by atoms with Crippen LogP contribution in [0.2, 0.25) is 0 Å². The topological polar surface area (TPSA) is 117 Å². The predicted molar refractivity (Wildman–Crippen MR) is 70.4 cm³/mol. The van der Waals surface area contributed by atoms with E-state index >= 15 is 0 Å². The average Bonchev–Trinajstić information content (AvgIpc) is 2.43. The number of hydrogen-bond acceptors (Lipinski definition) is 5. The molecule has 1 rings (SSSR count). The van der Waals surface area contributed by atoms with Crippen LogP contribution in [0.4, 0.5) is 0 Å². The Bertz CT molecular complexity index is 540. The Balaban J connectivity index is 2.84. The van der Waals surface area contributed by atoms with Gasteiger partial charge in [-0.3, -0.25) is 9.78 Å². The van der Waals surface area contributed by atoms with E-state index in [1.165, 1.54) is 14.0 Å². The number of methoxy groups -OCH3 is 1. The van der Waals surface area contributed by atoms with Crippen molar-refractivity contribution in [2.24, 2.45) is 5.11 Å². The largest absolute Gasteiger partial charge is 0.467 e. The Hall–Kier alpha value is -2.60. The van der Waals surface area contributed by atoms with Gasteiger partial charge in [0.05, 0.1) is 13.7 Å². The van der Waals surface area contributed by atoms with Crippen LogP contribution < -0.4 is 5.32 Å². The zero-order valence-electron chi connectivity index (χ0n) is 11.2. The SMILES string of the molecule is COC(=O)[C@H](Cc1cc(CN=[N+]=[N-])ccn1)NC(C)=O. The van der Waals surface area contributed by atoms with Crippen LogP contribution in [0.15, 0.2) is 23.4 Å². The molecule has 0 saturated heterocycles. The predicted octanol–water partition coefficient (Wildman–Crippen LogP) is 1.11. The molecule has 0 aliphatic heterocycles. The number of pyridine rings is 1. The van der Waals surface area contributed by atoms with Crippen molar-refractivity contribution in [3.63, 3.8) is 0 Å². The van der Waals surface area contributed by atoms with Gasteiger partial charge >= 0.3 is 5.97 Å². The van der Waals surface area contributed by atoms with Crippen molar-refractivity contribution >= 4 is 11.9 Å². The van der Waals surface area contributed by atoms with Gasteiger partial charge in [0, 0.05) is 30.1 Å². The summed E-state index contributed by atoms with van der Waals surface area (Å²) in [6.07, 6.45) is 1.76. The standard InChI is InChI=1S/C12H15N5O3/c1-8(18)16-11(12(19)20-2)6-10-5-9(3-4-14-10)7-15-17-13/h3-5,11H,6-7H2,1-2H3,(H,16,18)/t11-/m0/s1. The highest BCUT2D eigenvalue weighted by molar-refractivity contribution is 5.83. The van der Waals surface area contributed by atoms with Crippen LogP contribution in [0.3, 0.4) is 0 Å². The number of carbonyl (C=O) groups excluding carboxylic acids is 2. The number of hydrogen-bond donors (Lipinski definition) is 1. The minimum absolute atomic E-state index is 0.203. The lowest BCUT2D eigenvalue weighted by atomic mass is 10.1. The maximum Gasteiger partial charge on any atom is 0.328 e. The molecule has 0 aromatic carbocycles. The van der Waals surface area contributed by atoms with Crippen molar-refractivity contribution in [1.82, 2.24) is 10.3 Å². The maximum atomic E-state index is 11.6. The Morgan fingerprint density at radius 1 is 1.60 bits per heavy atom. The minimum atomic E-state index is -0.792. The van der Waals surface area contributed by atoms with Crippen LogP contribution in [0.5, 0.6) is 0 Å². The second-order valence-corrected chi connectivity index (χ2v) is 4.02. The second kappa shape index (κ2) is 7.75. The van der Waals surface area contributed by atoms with Crippen LogP contribution in [0.25, 0.3) is 10.4 Å². The minimum Gasteiger partial charge on any atom is -0.467 e. The molecule has 20 heavy (non-hydrogen) atoms. The van der Waals surface area contributed by atoms with Crippen molar-refractivity contribution in [2.45, 2.75) is 25.9 Å². The molecule has 0 bridgehead atoms. The van der Waals surface area contributed by atoms with Gasteiger partial charge in [0.25, 0.3) is 0 Å². The van der Waals surface area contributed by atoms with Gasteiger partial charge in [-0.15, -0.1) is 0 Å². The Labute approximate surface area is 115 Å². The van der Waals surface area contributed by atoms with E-state index in [1.807, 2.05) is 0 Å². The van der Waals surface area contributed by atoms with Gasteiger partial charge in [-0.2, -0.15) is 0 Å². The fraction of sp³-hybridized carbons (Fsp3) is 0.417. The van der Waals surface area contributed by atoms with Gasteiger partial charge < -0.3 is 10.1 Å². The number of ether oxygens (including phenoxy) is 1. The number of aromatic nitrogens is 1. The Morgan fingerprint density at radius 2 is 2.35 bits per heavy atom. The first kappa shape index (κ1) is 15.5. The van der Waals surface area contributed by atoms with Crippen LogP contribution in [-0.2, 0) is 27.3 Å². The van der Waals surface area contributed by atoms with Crippen molar-refractivity contribution in [2.75, 3.05) is 7.11 Å². The van der Waals surface area contributed by atoms with Crippen LogP contribution in [-0.4, -0.2) is 30.0 Å². The molecule has 0 radical (unpaired) electrons. The number of nitrogens with zero attached hydrogens (tertiary/aromatic N) is 4. The molecule has 0 unspecified atom stereocenters. The van der Waals surface area contributed by atoms with E-state index < -0.39 is 12.0 Å². The summed E-state index contributed by atoms with van der Waals surface area (Å²) in [7, 11) is 1.25. The fourth-order valence-electron chi connectivity index (χ4n) is 1.64. The number of azide groups is 1. The summed E-state index contributed by atoms with van der Waals surface area (Å²) in [5, 5.41) is 5.96. The van der Waals surface area contributed by atoms with E-state index in [1.54, 1.807) is 18.3 Å². The molecule has 1 aromatic heterocycles. The summed E-state index contributed by atoms with van der Waals surface area (Å²) in [5.41, 5.74) is 9.65. The van der Waals surface area contributed by atoms with Crippen molar-refractivity contribution in [3.05, 3.63) is 40.0 Å². The molecule has 1 atom stereocenters. The summed E-state index contributed by atoms with van der Waals surface area (Å²) in [4.78, 5) is 29.4. The molecular formula is C12H15N5O3. The first-order valence-corrected chi connectivity index (χ1v) is 5.86. The van der Waals surface area contributed by atoms with Gasteiger partial charge in [0.2, 0.25) is 5.91 Å². The summed E-state index contributed by atoms with van der Waals surface area (Å²) >= 11 is 0. The lowest BCUT2D eigenvalue weighted by molar-refractivity contribution is -0.144. The molecule has 1 heterocycles. The molecule has 106 valence electrons. The number of amides is 1. The van der Waals surface area contributed by atoms with Crippen molar-refractivity contribution in [1.29, 1.82) is 0 Å². The number of carbonyl (C=O) groups is 2. The molecule has 0 aliphatic rings. The molecule has 1 N–H and O–H groups in total. The molecule has 0 spiro atoms. The van der Waals surface area contributed by atoms with E-state index in [-0.39, 0.29) is 18.9 Å². The zero-order chi connectivity index (χ0) is 15.0. The van der Waals surface area contributed by atoms with Gasteiger partial charge in [0.15, 0.2) is 0 Å². The number of esters is 1. The number of rotatable bonds is 6. The summed E-state index contributed by atoms with van der Waals surface area (Å²) < 4.78 is 4.63. The molecule has 0 aliphatic carbocycles. The van der Waals surface area contributed by atoms with Crippen molar-refractivity contribution < 1.29 is 14.3 Å². The molecule has 8 nitrogen and oxygen atoms in total. The Kier molecular flexibility index (Phi) is 5.99. The lowest BCUT2D eigenvalue weighted by Gasteiger charge is -2.15. The molecule has 8 heteroatoms. The molecule has 0 fully saturated rings. The third-order valence-corrected chi connectivity index (χ3v) is 2.47. The van der Waals surface area contributed by atoms with E-state index in [0.29, 0.717) is 5.69 Å². The van der Waals surface area contributed by atoms with E-state index in [0.717, 1.165) is 5.56 Å². The summed E-state index contributed by atoms with van der Waals surface area (Å²) in [5.74, 6) is -0.868. The van der Waals surface area contributed by atoms with E-state index in [2.05, 4.69) is 25.1 Å². The highest BCUT2D eigenvalue weighted by Gasteiger charge is 2.21. The van der Waals surface area contributed by atoms with Gasteiger partial charge in [0.1, 0.15) is 6.04 Å². The van der Waals surface area contributed by atoms with Gasteiger partial charge in [-0.05, 0) is 23.2 Å². The van der Waals surface area contributed by atoms with Crippen LogP contribution >= 0.6 is 0 Å². The first-order chi connectivity index (χ1) is 9.56. The lowest BCUT2D eigenvalue weighted by Crippen LogP contribution is -2.42. The molecule has 0 saturated carbocycles. The summed E-state index contributed by atoms with van der Waals surface area (Å²) in [6.45, 7) is 1.52. The molecular weight excluding hydrogens is 262 g/mol. The highest BCUT2D eigenvalue weighted by Crippen LogP contribution is 2.07. The quantitative estimate of drug-likeness (QED) is 0.362. The molecule has 1 aromatic rings. The number of nitrogens with one attached hydrogen (secondary N) is 1. The van der Waals surface area contributed by atoms with Gasteiger partial charge in [-0.25, -0.2) is 4.79 Å². The average molecular weight is 277 g/mol. The normalized spacial score (nSPS) is 11.1.